The molecule has 0 saturated carbocycles. The minimum absolute atomic E-state index is 0.485. The lowest BCUT2D eigenvalue weighted by atomic mass is 10.2. The van der Waals surface area contributed by atoms with E-state index in [1.165, 1.54) is 0 Å². The third-order valence-electron chi connectivity index (χ3n) is 2.76. The average molecular weight is 259 g/mol. The van der Waals surface area contributed by atoms with Crippen molar-refractivity contribution in [2.45, 2.75) is 6.61 Å². The number of ether oxygens (including phenoxy) is 1. The van der Waals surface area contributed by atoms with E-state index in [-0.39, 0.29) is 0 Å². The molecule has 3 heteroatoms. The van der Waals surface area contributed by atoms with Crippen molar-refractivity contribution in [3.8, 4) is 5.75 Å². The highest BCUT2D eigenvalue weighted by Crippen LogP contribution is 2.25. The number of para-hydroxylation sites is 1. The van der Waals surface area contributed by atoms with Crippen LogP contribution in [-0.4, -0.2) is 0 Å². The van der Waals surface area contributed by atoms with E-state index in [9.17, 15) is 0 Å². The first-order chi connectivity index (χ1) is 8.83. The summed E-state index contributed by atoms with van der Waals surface area (Å²) >= 11 is 5.91. The van der Waals surface area contributed by atoms with Crippen LogP contribution in [0.25, 0.3) is 11.0 Å². The van der Waals surface area contributed by atoms with Gasteiger partial charge in [0.15, 0.2) is 0 Å². The quantitative estimate of drug-likeness (QED) is 0.681. The Labute approximate surface area is 110 Å². The molecule has 0 fully saturated rings. The van der Waals surface area contributed by atoms with Gasteiger partial charge in [-0.1, -0.05) is 29.8 Å². The fraction of sp³-hybridized carbons (Fsp3) is 0.0667. The molecule has 3 rings (SSSR count). The third kappa shape index (κ3) is 2.20. The molecule has 0 spiro atoms. The highest BCUT2D eigenvalue weighted by atomic mass is 35.5. The Morgan fingerprint density at radius 1 is 1.06 bits per heavy atom. The van der Waals surface area contributed by atoms with E-state index >= 15 is 0 Å². The zero-order chi connectivity index (χ0) is 12.4. The average Bonchev–Trinajstić information content (AvgIpc) is 2.80. The van der Waals surface area contributed by atoms with E-state index < -0.39 is 0 Å². The standard InChI is InChI=1S/C15H11ClO2/c16-12-6-7-14-11(10-18-15(14)8-12)9-17-13-4-2-1-3-5-13/h1-8,10H,9H2. The largest absolute Gasteiger partial charge is 0.489 e. The molecule has 0 radical (unpaired) electrons. The van der Waals surface area contributed by atoms with Crippen LogP contribution in [0.2, 0.25) is 5.02 Å². The fourth-order valence-electron chi connectivity index (χ4n) is 1.85. The molecule has 18 heavy (non-hydrogen) atoms. The minimum Gasteiger partial charge on any atom is -0.489 e. The Morgan fingerprint density at radius 2 is 1.89 bits per heavy atom. The van der Waals surface area contributed by atoms with Crippen LogP contribution < -0.4 is 4.74 Å². The molecule has 1 heterocycles. The summed E-state index contributed by atoms with van der Waals surface area (Å²) in [7, 11) is 0. The number of rotatable bonds is 3. The molecule has 2 nitrogen and oxygen atoms in total. The first-order valence-electron chi connectivity index (χ1n) is 5.66. The van der Waals surface area contributed by atoms with Crippen molar-refractivity contribution in [2.24, 2.45) is 0 Å². The van der Waals surface area contributed by atoms with Gasteiger partial charge in [0, 0.05) is 16.0 Å². The second-order valence-electron chi connectivity index (χ2n) is 4.00. The smallest absolute Gasteiger partial charge is 0.135 e. The monoisotopic (exact) mass is 258 g/mol. The predicted octanol–water partition coefficient (Wildman–Crippen LogP) is 4.67. The maximum Gasteiger partial charge on any atom is 0.135 e. The van der Waals surface area contributed by atoms with Gasteiger partial charge in [-0.25, -0.2) is 0 Å². The molecule has 0 bridgehead atoms. The molecule has 0 saturated heterocycles. The molecule has 0 unspecified atom stereocenters. The molecule has 90 valence electrons. The molecular weight excluding hydrogens is 248 g/mol. The van der Waals surface area contributed by atoms with Gasteiger partial charge in [-0.05, 0) is 30.3 Å². The van der Waals surface area contributed by atoms with Gasteiger partial charge < -0.3 is 9.15 Å². The van der Waals surface area contributed by atoms with Crippen LogP contribution in [0.5, 0.6) is 5.75 Å². The van der Waals surface area contributed by atoms with Crippen molar-refractivity contribution in [2.75, 3.05) is 0 Å². The van der Waals surface area contributed by atoms with Crippen LogP contribution in [0.3, 0.4) is 0 Å². The number of benzene rings is 2. The van der Waals surface area contributed by atoms with Gasteiger partial charge in [0.05, 0.1) is 6.26 Å². The number of halogens is 1. The lowest BCUT2D eigenvalue weighted by Gasteiger charge is -2.04. The van der Waals surface area contributed by atoms with Crippen molar-refractivity contribution >= 4 is 22.6 Å². The summed E-state index contributed by atoms with van der Waals surface area (Å²) in [6.45, 7) is 0.485. The van der Waals surface area contributed by atoms with E-state index in [0.29, 0.717) is 11.6 Å². The number of fused-ring (bicyclic) bond motifs is 1. The van der Waals surface area contributed by atoms with E-state index in [1.54, 1.807) is 6.26 Å². The normalized spacial score (nSPS) is 10.7. The van der Waals surface area contributed by atoms with Crippen LogP contribution >= 0.6 is 11.6 Å². The van der Waals surface area contributed by atoms with Gasteiger partial charge >= 0.3 is 0 Å². The van der Waals surface area contributed by atoms with Crippen molar-refractivity contribution in [1.29, 1.82) is 0 Å². The third-order valence-corrected chi connectivity index (χ3v) is 2.99. The van der Waals surface area contributed by atoms with Crippen molar-refractivity contribution in [1.82, 2.24) is 0 Å². The topological polar surface area (TPSA) is 22.4 Å². The SMILES string of the molecule is Clc1ccc2c(COc3ccccc3)coc2c1. The molecule has 2 aromatic carbocycles. The van der Waals surface area contributed by atoms with E-state index in [4.69, 9.17) is 20.8 Å². The molecule has 0 N–H and O–H groups in total. The van der Waals surface area contributed by atoms with E-state index in [1.807, 2.05) is 48.5 Å². The zero-order valence-corrected chi connectivity index (χ0v) is 10.4. The molecule has 0 aliphatic heterocycles. The first kappa shape index (κ1) is 11.2. The maximum atomic E-state index is 5.91. The van der Waals surface area contributed by atoms with Gasteiger partial charge in [0.2, 0.25) is 0 Å². The van der Waals surface area contributed by atoms with Crippen LogP contribution in [0.4, 0.5) is 0 Å². The Hall–Kier alpha value is -1.93. The lowest BCUT2D eigenvalue weighted by Crippen LogP contribution is -1.93. The lowest BCUT2D eigenvalue weighted by molar-refractivity contribution is 0.306. The number of furan rings is 1. The highest BCUT2D eigenvalue weighted by Gasteiger charge is 2.06. The summed E-state index contributed by atoms with van der Waals surface area (Å²) < 4.78 is 11.1. The summed E-state index contributed by atoms with van der Waals surface area (Å²) in [6.07, 6.45) is 1.71. The van der Waals surface area contributed by atoms with Gasteiger partial charge in [0.1, 0.15) is 17.9 Å². The van der Waals surface area contributed by atoms with Crippen molar-refractivity contribution in [3.63, 3.8) is 0 Å². The van der Waals surface area contributed by atoms with Crippen molar-refractivity contribution in [3.05, 3.63) is 65.4 Å². The molecule has 3 aromatic rings. The first-order valence-corrected chi connectivity index (χ1v) is 6.04. The Morgan fingerprint density at radius 3 is 2.72 bits per heavy atom. The minimum atomic E-state index is 0.485. The fourth-order valence-corrected chi connectivity index (χ4v) is 2.01. The van der Waals surface area contributed by atoms with Crippen LogP contribution in [-0.2, 0) is 6.61 Å². The van der Waals surface area contributed by atoms with Crippen molar-refractivity contribution < 1.29 is 9.15 Å². The Bertz CT molecular complexity index is 659. The van der Waals surface area contributed by atoms with Gasteiger partial charge in [-0.2, -0.15) is 0 Å². The molecule has 0 aliphatic carbocycles. The summed E-state index contributed by atoms with van der Waals surface area (Å²) in [5.74, 6) is 0.848. The predicted molar refractivity (Wildman–Crippen MR) is 72.0 cm³/mol. The van der Waals surface area contributed by atoms with E-state index in [0.717, 1.165) is 22.3 Å². The van der Waals surface area contributed by atoms with Crippen LogP contribution in [0, 0.1) is 0 Å². The summed E-state index contributed by atoms with van der Waals surface area (Å²) in [4.78, 5) is 0. The Kier molecular flexibility index (Phi) is 2.95. The second kappa shape index (κ2) is 4.75. The number of hydrogen-bond acceptors (Lipinski definition) is 2. The highest BCUT2D eigenvalue weighted by molar-refractivity contribution is 6.31. The van der Waals surface area contributed by atoms with Gasteiger partial charge in [-0.15, -0.1) is 0 Å². The van der Waals surface area contributed by atoms with E-state index in [2.05, 4.69) is 0 Å². The zero-order valence-electron chi connectivity index (χ0n) is 9.60. The summed E-state index contributed by atoms with van der Waals surface area (Å²) in [6, 6.07) is 15.3. The maximum absolute atomic E-state index is 5.91. The van der Waals surface area contributed by atoms with Gasteiger partial charge in [-0.3, -0.25) is 0 Å². The molecule has 0 amide bonds. The molecule has 1 aromatic heterocycles. The molecule has 0 aliphatic rings. The second-order valence-corrected chi connectivity index (χ2v) is 4.44. The molecular formula is C15H11ClO2. The molecule has 0 atom stereocenters. The van der Waals surface area contributed by atoms with Gasteiger partial charge in [0.25, 0.3) is 0 Å². The van der Waals surface area contributed by atoms with Crippen LogP contribution in [0.1, 0.15) is 5.56 Å². The summed E-state index contributed by atoms with van der Waals surface area (Å²) in [5.41, 5.74) is 1.81. The number of hydrogen-bond donors (Lipinski definition) is 0. The summed E-state index contributed by atoms with van der Waals surface area (Å²) in [5, 5.41) is 1.71. The Balaban J connectivity index is 1.83. The van der Waals surface area contributed by atoms with Crippen LogP contribution in [0.15, 0.2) is 59.2 Å².